The number of nitrogens with one attached hydrogen (secondary N) is 2. The zero-order chi connectivity index (χ0) is 16.1. The van der Waals surface area contributed by atoms with Crippen molar-refractivity contribution in [2.45, 2.75) is 33.4 Å². The molecule has 0 saturated heterocycles. The Kier molecular flexibility index (Phi) is 5.60. The molecule has 0 bridgehead atoms. The van der Waals surface area contributed by atoms with Crippen LogP contribution in [0.25, 0.3) is 0 Å². The topological polar surface area (TPSA) is 59.0 Å². The second-order valence-electron chi connectivity index (χ2n) is 5.40. The van der Waals surface area contributed by atoms with E-state index in [0.29, 0.717) is 0 Å². The van der Waals surface area contributed by atoms with E-state index in [4.69, 9.17) is 0 Å². The van der Waals surface area contributed by atoms with Crippen molar-refractivity contribution < 1.29 is 4.79 Å². The van der Waals surface area contributed by atoms with Crippen molar-refractivity contribution in [3.05, 3.63) is 47.0 Å². The molecule has 1 aromatic carbocycles. The number of hydrogen-bond acceptors (Lipinski definition) is 2. The number of hydrogen-bond donors (Lipinski definition) is 2. The van der Waals surface area contributed by atoms with Crippen LogP contribution in [-0.2, 0) is 6.54 Å². The van der Waals surface area contributed by atoms with E-state index >= 15 is 0 Å². The Morgan fingerprint density at radius 1 is 1.32 bits per heavy atom. The van der Waals surface area contributed by atoms with Crippen LogP contribution in [0.1, 0.15) is 32.6 Å². The van der Waals surface area contributed by atoms with Gasteiger partial charge in [-0.25, -0.2) is 9.78 Å². The Morgan fingerprint density at radius 3 is 2.59 bits per heavy atom. The van der Waals surface area contributed by atoms with Gasteiger partial charge in [0.15, 0.2) is 0 Å². The predicted octanol–water partition coefficient (Wildman–Crippen LogP) is 4.18. The van der Waals surface area contributed by atoms with Gasteiger partial charge in [0.05, 0.1) is 6.04 Å². The van der Waals surface area contributed by atoms with Gasteiger partial charge >= 0.3 is 6.03 Å². The standard InChI is InChI=1S/C16H21BrN4O/c1-4-21-10-9-18-15(21)14(11(2)3)20-16(22)19-13-7-5-12(17)6-8-13/h5-11,14H,4H2,1-3H3,(H2,19,20,22)/t14-/m0/s1. The maximum absolute atomic E-state index is 12.2. The summed E-state index contributed by atoms with van der Waals surface area (Å²) in [5.74, 6) is 1.12. The molecule has 0 spiro atoms. The van der Waals surface area contributed by atoms with E-state index in [1.54, 1.807) is 6.20 Å². The van der Waals surface area contributed by atoms with Crippen LogP contribution in [0, 0.1) is 5.92 Å². The molecule has 2 amide bonds. The van der Waals surface area contributed by atoms with Crippen LogP contribution in [0.15, 0.2) is 41.1 Å². The van der Waals surface area contributed by atoms with E-state index in [1.165, 1.54) is 0 Å². The van der Waals surface area contributed by atoms with E-state index in [2.05, 4.69) is 52.3 Å². The van der Waals surface area contributed by atoms with Gasteiger partial charge in [-0.3, -0.25) is 0 Å². The van der Waals surface area contributed by atoms with Gasteiger partial charge in [0.25, 0.3) is 0 Å². The molecule has 2 aromatic rings. The summed E-state index contributed by atoms with van der Waals surface area (Å²) >= 11 is 3.37. The van der Waals surface area contributed by atoms with Crippen molar-refractivity contribution in [3.8, 4) is 0 Å². The lowest BCUT2D eigenvalue weighted by molar-refractivity contribution is 0.243. The van der Waals surface area contributed by atoms with E-state index in [9.17, 15) is 4.79 Å². The zero-order valence-corrected chi connectivity index (χ0v) is 14.6. The molecule has 0 radical (unpaired) electrons. The van der Waals surface area contributed by atoms with Crippen LogP contribution in [0.3, 0.4) is 0 Å². The third-order valence-corrected chi connectivity index (χ3v) is 3.95. The monoisotopic (exact) mass is 364 g/mol. The van der Waals surface area contributed by atoms with Crippen molar-refractivity contribution in [2.75, 3.05) is 5.32 Å². The van der Waals surface area contributed by atoms with Gasteiger partial charge in [0.2, 0.25) is 0 Å². The highest BCUT2D eigenvalue weighted by molar-refractivity contribution is 9.10. The first-order chi connectivity index (χ1) is 10.5. The number of urea groups is 1. The molecule has 118 valence electrons. The summed E-state index contributed by atoms with van der Waals surface area (Å²) < 4.78 is 3.02. The SMILES string of the molecule is CCn1ccnc1[C@@H](NC(=O)Nc1ccc(Br)cc1)C(C)C. The molecule has 2 N–H and O–H groups in total. The summed E-state index contributed by atoms with van der Waals surface area (Å²) in [5.41, 5.74) is 0.752. The average Bonchev–Trinajstić information content (AvgIpc) is 2.95. The Bertz CT molecular complexity index is 621. The van der Waals surface area contributed by atoms with Gasteiger partial charge in [0.1, 0.15) is 5.82 Å². The maximum Gasteiger partial charge on any atom is 0.319 e. The summed E-state index contributed by atoms with van der Waals surface area (Å²) in [6, 6.07) is 7.11. The Hall–Kier alpha value is -1.82. The van der Waals surface area contributed by atoms with Gasteiger partial charge in [-0.1, -0.05) is 29.8 Å². The molecule has 22 heavy (non-hydrogen) atoms. The molecule has 0 unspecified atom stereocenters. The molecule has 0 aliphatic carbocycles. The molecule has 6 heteroatoms. The largest absolute Gasteiger partial charge is 0.333 e. The number of imidazole rings is 1. The summed E-state index contributed by atoms with van der Waals surface area (Å²) in [6.45, 7) is 7.03. The number of amides is 2. The summed E-state index contributed by atoms with van der Waals surface area (Å²) in [5, 5.41) is 5.86. The highest BCUT2D eigenvalue weighted by Gasteiger charge is 2.22. The number of rotatable bonds is 5. The fourth-order valence-corrected chi connectivity index (χ4v) is 2.50. The number of benzene rings is 1. The van der Waals surface area contributed by atoms with E-state index in [1.807, 2.05) is 35.0 Å². The van der Waals surface area contributed by atoms with Gasteiger partial charge in [-0.2, -0.15) is 0 Å². The third kappa shape index (κ3) is 4.10. The second kappa shape index (κ2) is 7.45. The smallest absolute Gasteiger partial charge is 0.319 e. The minimum Gasteiger partial charge on any atom is -0.333 e. The van der Waals surface area contributed by atoms with E-state index in [-0.39, 0.29) is 18.0 Å². The molecule has 0 fully saturated rings. The van der Waals surface area contributed by atoms with Crippen LogP contribution < -0.4 is 10.6 Å². The fraction of sp³-hybridized carbons (Fsp3) is 0.375. The Balaban J connectivity index is 2.08. The normalized spacial score (nSPS) is 12.2. The number of carbonyl (C=O) groups excluding carboxylic acids is 1. The van der Waals surface area contributed by atoms with Crippen LogP contribution in [-0.4, -0.2) is 15.6 Å². The molecule has 0 aliphatic rings. The summed E-state index contributed by atoms with van der Waals surface area (Å²) in [7, 11) is 0. The van der Waals surface area contributed by atoms with Crippen LogP contribution in [0.2, 0.25) is 0 Å². The lowest BCUT2D eigenvalue weighted by Crippen LogP contribution is -2.36. The van der Waals surface area contributed by atoms with Crippen molar-refractivity contribution in [1.82, 2.24) is 14.9 Å². The average molecular weight is 365 g/mol. The Morgan fingerprint density at radius 2 is 2.00 bits per heavy atom. The van der Waals surface area contributed by atoms with E-state index in [0.717, 1.165) is 22.5 Å². The van der Waals surface area contributed by atoms with Crippen LogP contribution in [0.5, 0.6) is 0 Å². The lowest BCUT2D eigenvalue weighted by atomic mass is 10.0. The third-order valence-electron chi connectivity index (χ3n) is 3.42. The van der Waals surface area contributed by atoms with Crippen LogP contribution in [0.4, 0.5) is 10.5 Å². The highest BCUT2D eigenvalue weighted by Crippen LogP contribution is 2.21. The van der Waals surface area contributed by atoms with Crippen molar-refractivity contribution in [3.63, 3.8) is 0 Å². The number of aryl methyl sites for hydroxylation is 1. The summed E-state index contributed by atoms with van der Waals surface area (Å²) in [6.07, 6.45) is 3.70. The molecule has 0 saturated carbocycles. The number of carbonyl (C=O) groups is 1. The number of halogens is 1. The van der Waals surface area contributed by atoms with Gasteiger partial charge in [-0.15, -0.1) is 0 Å². The summed E-state index contributed by atoms with van der Waals surface area (Å²) in [4.78, 5) is 16.6. The number of nitrogens with zero attached hydrogens (tertiary/aromatic N) is 2. The molecular weight excluding hydrogens is 344 g/mol. The van der Waals surface area contributed by atoms with Crippen molar-refractivity contribution in [1.29, 1.82) is 0 Å². The minimum absolute atomic E-state index is 0.134. The van der Waals surface area contributed by atoms with Gasteiger partial charge in [-0.05, 0) is 37.1 Å². The first-order valence-electron chi connectivity index (χ1n) is 7.35. The van der Waals surface area contributed by atoms with E-state index < -0.39 is 0 Å². The highest BCUT2D eigenvalue weighted by atomic mass is 79.9. The van der Waals surface area contributed by atoms with Gasteiger partial charge < -0.3 is 15.2 Å². The molecule has 1 atom stereocenters. The molecule has 1 heterocycles. The zero-order valence-electron chi connectivity index (χ0n) is 13.0. The first-order valence-corrected chi connectivity index (χ1v) is 8.14. The first kappa shape index (κ1) is 16.5. The predicted molar refractivity (Wildman–Crippen MR) is 91.8 cm³/mol. The van der Waals surface area contributed by atoms with Gasteiger partial charge in [0, 0.05) is 29.1 Å². The van der Waals surface area contributed by atoms with Crippen LogP contribution >= 0.6 is 15.9 Å². The minimum atomic E-state index is -0.230. The molecule has 5 nitrogen and oxygen atoms in total. The number of aromatic nitrogens is 2. The molecular formula is C16H21BrN4O. The van der Waals surface area contributed by atoms with Crippen molar-refractivity contribution in [2.24, 2.45) is 5.92 Å². The van der Waals surface area contributed by atoms with Crippen molar-refractivity contribution >= 4 is 27.6 Å². The maximum atomic E-state index is 12.2. The quantitative estimate of drug-likeness (QED) is 0.835. The lowest BCUT2D eigenvalue weighted by Gasteiger charge is -2.23. The molecule has 0 aliphatic heterocycles. The molecule has 1 aromatic heterocycles. The second-order valence-corrected chi connectivity index (χ2v) is 6.31. The molecule has 2 rings (SSSR count). The number of anilines is 1. The fourth-order valence-electron chi connectivity index (χ4n) is 2.24. The Labute approximate surface area is 139 Å².